The summed E-state index contributed by atoms with van der Waals surface area (Å²) in [6.45, 7) is 21.4. The van der Waals surface area contributed by atoms with Crippen LogP contribution >= 0.6 is 45.3 Å². The molecule has 17 nitrogen and oxygen atoms in total. The lowest BCUT2D eigenvalue weighted by Gasteiger charge is -2.11. The quantitative estimate of drug-likeness (QED) is 0.0253. The molecule has 0 unspecified atom stereocenters. The Labute approximate surface area is 753 Å². The average molecular weight is 1770 g/mol. The molecule has 4 aromatic heterocycles. The Morgan fingerprint density at radius 2 is 0.406 bits per heavy atom. The molecule has 0 saturated carbocycles. The van der Waals surface area contributed by atoms with Gasteiger partial charge in [0, 0.05) is 109 Å². The number of hydrogen-bond acceptors (Lipinski definition) is 17. The number of phenols is 5. The first-order valence-electron chi connectivity index (χ1n) is 40.3. The normalized spacial score (nSPS) is 11.3. The van der Waals surface area contributed by atoms with E-state index in [0.717, 1.165) is 181 Å². The third kappa shape index (κ3) is 20.3. The SMILES string of the molecule is Cc1cc(C)c(C(=O)c2sc3cc(O)ccc3c2-c2ccc(/C=C/C(=O)O)cc2)c(C)c1.Cc1cc(C)c(C(=O)c2sc3cc(O)ccc3c2-c2ccc(/C=C/C(=O)O)cc2)c(C)c1.Cc1cc(C)c(C(=O)c2sc3cc(O)ccc3c2-c2ccc(/C=C/C(=O)O)cc2)c(C)c1.Cc1cc(O)cc(C)c1C(=O)c1sc2cc(O)ccc2c1-c1ccc(/C=C/C(=O)O)cc1. The van der Waals surface area contributed by atoms with E-state index < -0.39 is 23.9 Å². The van der Waals surface area contributed by atoms with Gasteiger partial charge in [-0.3, -0.25) is 19.2 Å². The maximum atomic E-state index is 13.8. The third-order valence-corrected chi connectivity index (χ3v) is 26.1. The highest BCUT2D eigenvalue weighted by molar-refractivity contribution is 7.23. The highest BCUT2D eigenvalue weighted by Crippen LogP contribution is 2.48. The zero-order valence-corrected chi connectivity index (χ0v) is 74.6. The van der Waals surface area contributed by atoms with Gasteiger partial charge < -0.3 is 46.0 Å². The molecule has 0 aliphatic rings. The molecular formula is C107H86O17S4. The summed E-state index contributed by atoms with van der Waals surface area (Å²) in [5, 5.41) is 88.7. The summed E-state index contributed by atoms with van der Waals surface area (Å²) < 4.78 is 3.29. The number of carbonyl (C=O) groups is 8. The Bertz CT molecular complexity index is 6340. The van der Waals surface area contributed by atoms with Crippen LogP contribution in [0.15, 0.2) is 243 Å². The predicted molar refractivity (Wildman–Crippen MR) is 516 cm³/mol. The molecule has 0 aliphatic heterocycles. The van der Waals surface area contributed by atoms with E-state index in [1.54, 1.807) is 92.7 Å². The maximum absolute atomic E-state index is 13.8. The Balaban J connectivity index is 0.000000146. The first kappa shape index (κ1) is 90.7. The Morgan fingerprint density at radius 3 is 0.586 bits per heavy atom. The van der Waals surface area contributed by atoms with E-state index in [-0.39, 0.29) is 51.9 Å². The number of carboxylic acid groups (broad SMARTS) is 4. The van der Waals surface area contributed by atoms with Gasteiger partial charge in [-0.25, -0.2) is 19.2 Å². The zero-order chi connectivity index (χ0) is 92.0. The first-order valence-corrected chi connectivity index (χ1v) is 43.5. The summed E-state index contributed by atoms with van der Waals surface area (Å²) in [5.74, 6) is -3.60. The van der Waals surface area contributed by atoms with Crippen LogP contribution in [-0.2, 0) is 19.2 Å². The van der Waals surface area contributed by atoms with Crippen molar-refractivity contribution in [2.45, 2.75) is 76.2 Å². The van der Waals surface area contributed by atoms with E-state index in [4.69, 9.17) is 20.4 Å². The van der Waals surface area contributed by atoms with Crippen molar-refractivity contribution < 1.29 is 84.3 Å². The number of aromatic hydroxyl groups is 5. The van der Waals surface area contributed by atoms with Crippen molar-refractivity contribution in [3.05, 3.63) is 368 Å². The van der Waals surface area contributed by atoms with Crippen LogP contribution < -0.4 is 0 Å². The number of ketones is 4. The smallest absolute Gasteiger partial charge is 0.328 e. The predicted octanol–water partition coefficient (Wildman–Crippen LogP) is 25.5. The van der Waals surface area contributed by atoms with Crippen molar-refractivity contribution in [2.24, 2.45) is 0 Å². The molecule has 128 heavy (non-hydrogen) atoms. The largest absolute Gasteiger partial charge is 0.508 e. The Morgan fingerprint density at radius 1 is 0.227 bits per heavy atom. The molecule has 9 N–H and O–H groups in total. The van der Waals surface area contributed by atoms with E-state index in [9.17, 15) is 63.9 Å². The second-order valence-electron chi connectivity index (χ2n) is 31.2. The molecule has 0 bridgehead atoms. The van der Waals surface area contributed by atoms with Gasteiger partial charge in [-0.1, -0.05) is 150 Å². The summed E-state index contributed by atoms with van der Waals surface area (Å²) in [6, 6.07) is 65.3. The number of carbonyl (C=O) groups excluding carboxylic acids is 4. The molecule has 12 aromatic carbocycles. The zero-order valence-electron chi connectivity index (χ0n) is 71.3. The lowest BCUT2D eigenvalue weighted by Crippen LogP contribution is -2.06. The molecule has 16 aromatic rings. The molecule has 0 radical (unpaired) electrons. The van der Waals surface area contributed by atoms with Gasteiger partial charge in [-0.2, -0.15) is 0 Å². The minimum absolute atomic E-state index is 0.0365. The fourth-order valence-corrected chi connectivity index (χ4v) is 21.0. The van der Waals surface area contributed by atoms with E-state index >= 15 is 0 Å². The van der Waals surface area contributed by atoms with Gasteiger partial charge in [0.05, 0.1) is 19.5 Å². The fraction of sp³-hybridized carbons (Fsp3) is 0.103. The van der Waals surface area contributed by atoms with Crippen molar-refractivity contribution in [2.75, 3.05) is 0 Å². The van der Waals surface area contributed by atoms with Gasteiger partial charge in [0.2, 0.25) is 23.1 Å². The second kappa shape index (κ2) is 38.6. The van der Waals surface area contributed by atoms with E-state index in [1.165, 1.54) is 69.7 Å². The minimum Gasteiger partial charge on any atom is -0.508 e. The molecule has 0 amide bonds. The number of carboxylic acids is 4. The number of rotatable bonds is 20. The highest BCUT2D eigenvalue weighted by Gasteiger charge is 2.30. The topological polar surface area (TPSA) is 319 Å². The highest BCUT2D eigenvalue weighted by atomic mass is 32.1. The molecule has 21 heteroatoms. The van der Waals surface area contributed by atoms with Gasteiger partial charge in [-0.15, -0.1) is 45.3 Å². The molecule has 0 spiro atoms. The third-order valence-electron chi connectivity index (χ3n) is 21.4. The molecule has 0 fully saturated rings. The number of hydrogen-bond donors (Lipinski definition) is 9. The van der Waals surface area contributed by atoms with Crippen LogP contribution in [0.2, 0.25) is 0 Å². The molecule has 16 rings (SSSR count). The molecule has 640 valence electrons. The summed E-state index contributed by atoms with van der Waals surface area (Å²) in [6.07, 6.45) is 10.4. The van der Waals surface area contributed by atoms with Crippen LogP contribution in [0.3, 0.4) is 0 Å². The van der Waals surface area contributed by atoms with Gasteiger partial charge in [-0.05, 0) is 274 Å². The van der Waals surface area contributed by atoms with Gasteiger partial charge in [0.25, 0.3) is 0 Å². The minimum atomic E-state index is -1.02. The number of thiophene rings is 4. The lowest BCUT2D eigenvalue weighted by atomic mass is 9.92. The van der Waals surface area contributed by atoms with Gasteiger partial charge in [0.15, 0.2) is 0 Å². The van der Waals surface area contributed by atoms with Crippen molar-refractivity contribution >= 4 is 157 Å². The van der Waals surface area contributed by atoms with Crippen LogP contribution in [-0.4, -0.2) is 93.0 Å². The summed E-state index contributed by atoms with van der Waals surface area (Å²) in [5.41, 5.74) is 22.6. The maximum Gasteiger partial charge on any atom is 0.328 e. The standard InChI is InChI=1S/3C27H22O4S.C26H20O5S/c3*1-15-12-16(2)24(17(3)13-15)26(31)27-25(21-10-9-20(28)14-22(21)32-27)19-7-4-18(5-8-19)6-11-23(29)30;1-14-11-19(28)12-15(2)23(14)25(31)26-24(20-9-8-18(27)13-21(20)32-26)17-6-3-16(4-7-17)5-10-22(29)30/h3*4-14,28H,1-3H3,(H,29,30);3-13,27-28H,1-2H3,(H,29,30)/b3*11-6+;10-5+. The van der Waals surface area contributed by atoms with Gasteiger partial charge >= 0.3 is 23.9 Å². The Hall–Kier alpha value is -15.0. The number of fused-ring (bicyclic) bond motifs is 4. The number of aryl methyl sites for hydroxylation is 11. The second-order valence-corrected chi connectivity index (χ2v) is 35.4. The molecule has 0 saturated heterocycles. The van der Waals surface area contributed by atoms with E-state index in [0.29, 0.717) is 52.9 Å². The number of phenolic OH excluding ortho intramolecular Hbond substituents is 5. The monoisotopic (exact) mass is 1770 g/mol. The van der Waals surface area contributed by atoms with Crippen LogP contribution in [0, 0.1) is 76.2 Å². The van der Waals surface area contributed by atoms with E-state index in [1.807, 2.05) is 202 Å². The summed E-state index contributed by atoms with van der Waals surface area (Å²) in [7, 11) is 0. The summed E-state index contributed by atoms with van der Waals surface area (Å²) >= 11 is 5.44. The van der Waals surface area contributed by atoms with Crippen LogP contribution in [0.5, 0.6) is 28.7 Å². The lowest BCUT2D eigenvalue weighted by molar-refractivity contribution is -0.132. The van der Waals surface area contributed by atoms with Crippen molar-refractivity contribution in [1.82, 2.24) is 0 Å². The van der Waals surface area contributed by atoms with Crippen molar-refractivity contribution in [3.63, 3.8) is 0 Å². The molecular weight excluding hydrogens is 1690 g/mol. The summed E-state index contributed by atoms with van der Waals surface area (Å²) in [4.78, 5) is 101. The molecule has 0 atom stereocenters. The van der Waals surface area contributed by atoms with Gasteiger partial charge in [0.1, 0.15) is 28.7 Å². The molecule has 4 heterocycles. The first-order chi connectivity index (χ1) is 61.0. The van der Waals surface area contributed by atoms with E-state index in [2.05, 4.69) is 0 Å². The molecule has 0 aliphatic carbocycles. The fourth-order valence-electron chi connectivity index (χ4n) is 16.2. The van der Waals surface area contributed by atoms with Crippen LogP contribution in [0.25, 0.3) is 109 Å². The Kier molecular flexibility index (Phi) is 27.4. The van der Waals surface area contributed by atoms with Crippen LogP contribution in [0.1, 0.15) is 144 Å². The van der Waals surface area contributed by atoms with Crippen LogP contribution in [0.4, 0.5) is 0 Å². The van der Waals surface area contributed by atoms with Crippen molar-refractivity contribution in [3.8, 4) is 73.3 Å². The van der Waals surface area contributed by atoms with Crippen molar-refractivity contribution in [1.29, 1.82) is 0 Å². The number of aliphatic carboxylic acids is 4. The number of benzene rings is 12. The average Bonchev–Trinajstić information content (AvgIpc) is 1.63.